The van der Waals surface area contributed by atoms with Gasteiger partial charge in [0.1, 0.15) is 6.61 Å². The van der Waals surface area contributed by atoms with Crippen LogP contribution in [0.5, 0.6) is 0 Å². The van der Waals surface area contributed by atoms with Crippen LogP contribution in [0.2, 0.25) is 0 Å². The quantitative estimate of drug-likeness (QED) is 0.743. The Morgan fingerprint density at radius 3 is 2.50 bits per heavy atom. The number of likely N-dealkylation sites (tertiary alicyclic amines) is 1. The van der Waals surface area contributed by atoms with Gasteiger partial charge in [-0.1, -0.05) is 0 Å². The van der Waals surface area contributed by atoms with E-state index in [0.29, 0.717) is 45.6 Å². The number of urea groups is 1. The number of carbonyl (C=O) groups is 2. The molecule has 0 radical (unpaired) electrons. The molecule has 1 aliphatic rings. The number of rotatable bonds is 7. The second kappa shape index (κ2) is 8.76. The largest absolute Gasteiger partial charge is 0.480 e. The average molecular weight is 288 g/mol. The summed E-state index contributed by atoms with van der Waals surface area (Å²) >= 11 is 0. The summed E-state index contributed by atoms with van der Waals surface area (Å²) in [5.41, 5.74) is 0. The summed E-state index contributed by atoms with van der Waals surface area (Å²) in [6.07, 6.45) is 1.30. The van der Waals surface area contributed by atoms with Crippen LogP contribution >= 0.6 is 0 Å². The van der Waals surface area contributed by atoms with Gasteiger partial charge in [-0.15, -0.1) is 0 Å². The predicted molar refractivity (Wildman–Crippen MR) is 72.7 cm³/mol. The molecule has 1 rings (SSSR count). The monoisotopic (exact) mass is 288 g/mol. The number of carboxylic acid groups (broad SMARTS) is 1. The lowest BCUT2D eigenvalue weighted by Crippen LogP contribution is -2.48. The number of nitrogens with zero attached hydrogens (tertiary/aromatic N) is 2. The highest BCUT2D eigenvalue weighted by Crippen LogP contribution is 2.15. The van der Waals surface area contributed by atoms with E-state index in [2.05, 4.69) is 0 Å². The highest BCUT2D eigenvalue weighted by molar-refractivity contribution is 5.74. The van der Waals surface area contributed by atoms with E-state index < -0.39 is 5.97 Å². The molecule has 1 heterocycles. The Bertz CT molecular complexity index is 316. The van der Waals surface area contributed by atoms with Crippen LogP contribution in [0.25, 0.3) is 0 Å². The minimum atomic E-state index is -0.958. The fourth-order valence-corrected chi connectivity index (χ4v) is 2.19. The Hall–Kier alpha value is -1.34. The third kappa shape index (κ3) is 5.34. The molecule has 1 N–H and O–H groups in total. The zero-order chi connectivity index (χ0) is 15.0. The molecule has 7 heteroatoms. The highest BCUT2D eigenvalue weighted by atomic mass is 16.5. The molecule has 7 nitrogen and oxygen atoms in total. The summed E-state index contributed by atoms with van der Waals surface area (Å²) in [7, 11) is 1.61. The summed E-state index contributed by atoms with van der Waals surface area (Å²) in [4.78, 5) is 26.2. The highest BCUT2D eigenvalue weighted by Gasteiger charge is 2.26. The number of hydrogen-bond acceptors (Lipinski definition) is 4. The van der Waals surface area contributed by atoms with E-state index in [-0.39, 0.29) is 18.7 Å². The Labute approximate surface area is 119 Å². The maximum Gasteiger partial charge on any atom is 0.329 e. The van der Waals surface area contributed by atoms with Crippen molar-refractivity contribution in [3.63, 3.8) is 0 Å². The van der Waals surface area contributed by atoms with Gasteiger partial charge in [0.15, 0.2) is 0 Å². The van der Waals surface area contributed by atoms with Crippen LogP contribution in [0.4, 0.5) is 4.79 Å². The Morgan fingerprint density at radius 1 is 1.35 bits per heavy atom. The van der Waals surface area contributed by atoms with Crippen LogP contribution in [-0.4, -0.2) is 79.5 Å². The van der Waals surface area contributed by atoms with Gasteiger partial charge in [0.05, 0.1) is 12.7 Å². The van der Waals surface area contributed by atoms with Crippen molar-refractivity contribution in [1.29, 1.82) is 0 Å². The molecule has 0 aromatic carbocycles. The molecule has 0 aromatic rings. The summed E-state index contributed by atoms with van der Waals surface area (Å²) in [6, 6.07) is 0.0150. The van der Waals surface area contributed by atoms with Crippen molar-refractivity contribution in [2.75, 3.05) is 46.5 Å². The third-order valence-corrected chi connectivity index (χ3v) is 3.37. The minimum Gasteiger partial charge on any atom is -0.480 e. The Balaban J connectivity index is 2.35. The number of carbonyl (C=O) groups excluding carboxylic acids is 1. The maximum atomic E-state index is 12.3. The first-order chi connectivity index (χ1) is 9.58. The van der Waals surface area contributed by atoms with E-state index in [9.17, 15) is 9.59 Å². The number of piperidine rings is 1. The number of carboxylic acids is 1. The SMILES string of the molecule is CCN(CCOC)C(=O)N1CCC(OCC(=O)O)CC1. The fourth-order valence-electron chi connectivity index (χ4n) is 2.19. The molecule has 0 bridgehead atoms. The minimum absolute atomic E-state index is 0.0150. The molecule has 0 atom stereocenters. The molecule has 1 aliphatic heterocycles. The van der Waals surface area contributed by atoms with Gasteiger partial charge in [-0.25, -0.2) is 9.59 Å². The zero-order valence-electron chi connectivity index (χ0n) is 12.2. The lowest BCUT2D eigenvalue weighted by atomic mass is 10.1. The summed E-state index contributed by atoms with van der Waals surface area (Å²) in [5, 5.41) is 8.56. The summed E-state index contributed by atoms with van der Waals surface area (Å²) in [5.74, 6) is -0.958. The van der Waals surface area contributed by atoms with Crippen LogP contribution < -0.4 is 0 Å². The molecule has 20 heavy (non-hydrogen) atoms. The number of aliphatic carboxylic acids is 1. The first-order valence-electron chi connectivity index (χ1n) is 6.94. The predicted octanol–water partition coefficient (Wildman–Crippen LogP) is 0.640. The van der Waals surface area contributed by atoms with Crippen molar-refractivity contribution in [3.05, 3.63) is 0 Å². The lowest BCUT2D eigenvalue weighted by molar-refractivity contribution is -0.145. The fraction of sp³-hybridized carbons (Fsp3) is 0.846. The van der Waals surface area contributed by atoms with Gasteiger partial charge in [-0.3, -0.25) is 0 Å². The first-order valence-corrected chi connectivity index (χ1v) is 6.94. The third-order valence-electron chi connectivity index (χ3n) is 3.37. The maximum absolute atomic E-state index is 12.3. The van der Waals surface area contributed by atoms with Crippen LogP contribution in [0.1, 0.15) is 19.8 Å². The van der Waals surface area contributed by atoms with Gasteiger partial charge in [-0.05, 0) is 19.8 Å². The van der Waals surface area contributed by atoms with E-state index in [1.165, 1.54) is 0 Å². The molecule has 0 saturated carbocycles. The van der Waals surface area contributed by atoms with Crippen LogP contribution in [0, 0.1) is 0 Å². The van der Waals surface area contributed by atoms with Gasteiger partial charge < -0.3 is 24.4 Å². The molecule has 0 aromatic heterocycles. The molecule has 1 saturated heterocycles. The second-order valence-electron chi connectivity index (χ2n) is 4.75. The Kier molecular flexibility index (Phi) is 7.32. The number of hydrogen-bond donors (Lipinski definition) is 1. The normalized spacial score (nSPS) is 16.2. The van der Waals surface area contributed by atoms with Crippen molar-refractivity contribution in [2.24, 2.45) is 0 Å². The number of methoxy groups -OCH3 is 1. The Morgan fingerprint density at radius 2 is 2.00 bits per heavy atom. The molecule has 0 unspecified atom stereocenters. The molecule has 1 fully saturated rings. The van der Waals surface area contributed by atoms with Crippen LogP contribution in [0.3, 0.4) is 0 Å². The van der Waals surface area contributed by atoms with Gasteiger partial charge in [0.25, 0.3) is 0 Å². The topological polar surface area (TPSA) is 79.3 Å². The van der Waals surface area contributed by atoms with Gasteiger partial charge in [0, 0.05) is 33.3 Å². The molecular weight excluding hydrogens is 264 g/mol. The second-order valence-corrected chi connectivity index (χ2v) is 4.75. The number of ether oxygens (including phenoxy) is 2. The van der Waals surface area contributed by atoms with E-state index in [4.69, 9.17) is 14.6 Å². The lowest BCUT2D eigenvalue weighted by Gasteiger charge is -2.35. The molecule has 0 aliphatic carbocycles. The number of amides is 2. The first kappa shape index (κ1) is 16.7. The van der Waals surface area contributed by atoms with Crippen LogP contribution in [-0.2, 0) is 14.3 Å². The van der Waals surface area contributed by atoms with Crippen LogP contribution in [0.15, 0.2) is 0 Å². The smallest absolute Gasteiger partial charge is 0.329 e. The van der Waals surface area contributed by atoms with Crippen molar-refractivity contribution in [2.45, 2.75) is 25.9 Å². The average Bonchev–Trinajstić information content (AvgIpc) is 2.46. The van der Waals surface area contributed by atoms with Crippen molar-refractivity contribution in [3.8, 4) is 0 Å². The zero-order valence-corrected chi connectivity index (χ0v) is 12.2. The van der Waals surface area contributed by atoms with E-state index in [1.54, 1.807) is 16.9 Å². The van der Waals surface area contributed by atoms with Crippen molar-refractivity contribution >= 4 is 12.0 Å². The van der Waals surface area contributed by atoms with Crippen molar-refractivity contribution in [1.82, 2.24) is 9.80 Å². The molecule has 0 spiro atoms. The standard InChI is InChI=1S/C13H24N2O5/c1-3-14(8-9-19-2)13(18)15-6-4-11(5-7-15)20-10-12(16)17/h11H,3-10H2,1-2H3,(H,16,17). The summed E-state index contributed by atoms with van der Waals surface area (Å²) < 4.78 is 10.2. The van der Waals surface area contributed by atoms with Gasteiger partial charge in [0.2, 0.25) is 0 Å². The van der Waals surface area contributed by atoms with Gasteiger partial charge in [-0.2, -0.15) is 0 Å². The van der Waals surface area contributed by atoms with Crippen molar-refractivity contribution < 1.29 is 24.2 Å². The molecule has 116 valence electrons. The van der Waals surface area contributed by atoms with E-state index >= 15 is 0 Å². The van der Waals surface area contributed by atoms with E-state index in [0.717, 1.165) is 0 Å². The number of likely N-dealkylation sites (N-methyl/N-ethyl adjacent to an activating group) is 1. The van der Waals surface area contributed by atoms with Gasteiger partial charge >= 0.3 is 12.0 Å². The van der Waals surface area contributed by atoms with E-state index in [1.807, 2.05) is 6.92 Å². The molecular formula is C13H24N2O5. The summed E-state index contributed by atoms with van der Waals surface area (Å²) in [6.45, 7) is 4.64. The molecule has 2 amide bonds.